The Morgan fingerprint density at radius 2 is 1.60 bits per heavy atom. The molecule has 2 aromatic carbocycles. The first-order valence-corrected chi connectivity index (χ1v) is 9.59. The molecule has 5 heteroatoms. The lowest BCUT2D eigenvalue weighted by molar-refractivity contribution is -1.02. The number of halogens is 1. The van der Waals surface area contributed by atoms with Crippen LogP contribution in [-0.2, 0) is 13.1 Å². The van der Waals surface area contributed by atoms with Crippen molar-refractivity contribution < 1.29 is 19.3 Å². The van der Waals surface area contributed by atoms with E-state index in [-0.39, 0.29) is 0 Å². The highest BCUT2D eigenvalue weighted by molar-refractivity contribution is 9.10. The summed E-state index contributed by atoms with van der Waals surface area (Å²) in [5, 5.41) is 0. The summed E-state index contributed by atoms with van der Waals surface area (Å²) >= 11 is 3.56. The maximum atomic E-state index is 5.54. The Balaban J connectivity index is 1.54. The lowest BCUT2D eigenvalue weighted by Crippen LogP contribution is -3.27. The number of quaternary nitrogens is 2. The average molecular weight is 407 g/mol. The molecule has 0 aromatic heterocycles. The van der Waals surface area contributed by atoms with Crippen molar-refractivity contribution in [3.05, 3.63) is 58.1 Å². The Labute approximate surface area is 158 Å². The van der Waals surface area contributed by atoms with Gasteiger partial charge in [-0.2, -0.15) is 0 Å². The van der Waals surface area contributed by atoms with Gasteiger partial charge in [0.15, 0.2) is 0 Å². The van der Waals surface area contributed by atoms with Crippen LogP contribution in [0.4, 0.5) is 0 Å². The molecule has 1 saturated heterocycles. The molecule has 1 fully saturated rings. The normalized spacial score (nSPS) is 20.3. The van der Waals surface area contributed by atoms with Gasteiger partial charge in [-0.3, -0.25) is 0 Å². The van der Waals surface area contributed by atoms with Gasteiger partial charge in [0, 0.05) is 21.7 Å². The summed E-state index contributed by atoms with van der Waals surface area (Å²) in [6.45, 7) is 6.92. The Bertz CT molecular complexity index is 700. The first-order valence-electron chi connectivity index (χ1n) is 8.80. The van der Waals surface area contributed by atoms with Gasteiger partial charge in [-0.15, -0.1) is 0 Å². The minimum absolute atomic E-state index is 0.846. The SMILES string of the molecule is COc1ccc(C[NH+]2CC[NH+](Cc3cccc(Br)c3)CC2)c(OC)c1. The fraction of sp³-hybridized carbons (Fsp3) is 0.400. The first kappa shape index (κ1) is 18.2. The molecular weight excluding hydrogens is 380 g/mol. The molecule has 0 radical (unpaired) electrons. The van der Waals surface area contributed by atoms with E-state index in [1.165, 1.54) is 41.8 Å². The van der Waals surface area contributed by atoms with Crippen LogP contribution in [0.3, 0.4) is 0 Å². The highest BCUT2D eigenvalue weighted by Crippen LogP contribution is 2.23. The third-order valence-electron chi connectivity index (χ3n) is 4.94. The van der Waals surface area contributed by atoms with Crippen molar-refractivity contribution in [1.82, 2.24) is 0 Å². The van der Waals surface area contributed by atoms with Gasteiger partial charge in [-0.25, -0.2) is 0 Å². The van der Waals surface area contributed by atoms with Crippen LogP contribution in [0.2, 0.25) is 0 Å². The molecule has 0 unspecified atom stereocenters. The summed E-state index contributed by atoms with van der Waals surface area (Å²) in [6, 6.07) is 14.8. The van der Waals surface area contributed by atoms with E-state index in [2.05, 4.69) is 46.3 Å². The zero-order valence-corrected chi connectivity index (χ0v) is 16.6. The molecule has 0 saturated carbocycles. The minimum atomic E-state index is 0.846. The first-order chi connectivity index (χ1) is 12.2. The smallest absolute Gasteiger partial charge is 0.131 e. The zero-order valence-electron chi connectivity index (χ0n) is 15.0. The Morgan fingerprint density at radius 3 is 2.24 bits per heavy atom. The van der Waals surface area contributed by atoms with Crippen LogP contribution in [0, 0.1) is 0 Å². The molecule has 2 aromatic rings. The van der Waals surface area contributed by atoms with Crippen LogP contribution in [0.1, 0.15) is 11.1 Å². The van der Waals surface area contributed by atoms with Gasteiger partial charge < -0.3 is 19.3 Å². The highest BCUT2D eigenvalue weighted by atomic mass is 79.9. The van der Waals surface area contributed by atoms with E-state index in [4.69, 9.17) is 9.47 Å². The maximum absolute atomic E-state index is 5.54. The van der Waals surface area contributed by atoms with Gasteiger partial charge in [0.2, 0.25) is 0 Å². The van der Waals surface area contributed by atoms with Crippen LogP contribution < -0.4 is 19.3 Å². The van der Waals surface area contributed by atoms with E-state index < -0.39 is 0 Å². The molecule has 0 atom stereocenters. The molecule has 1 aliphatic rings. The number of nitrogens with one attached hydrogen (secondary N) is 2. The third kappa shape index (κ3) is 4.97. The molecule has 4 nitrogen and oxygen atoms in total. The monoisotopic (exact) mass is 406 g/mol. The third-order valence-corrected chi connectivity index (χ3v) is 5.44. The van der Waals surface area contributed by atoms with E-state index in [1.807, 2.05) is 12.1 Å². The van der Waals surface area contributed by atoms with Crippen LogP contribution in [-0.4, -0.2) is 40.4 Å². The van der Waals surface area contributed by atoms with Gasteiger partial charge in [0.1, 0.15) is 50.8 Å². The fourth-order valence-corrected chi connectivity index (χ4v) is 3.96. The molecule has 0 aliphatic carbocycles. The summed E-state index contributed by atoms with van der Waals surface area (Å²) in [5.74, 6) is 1.77. The number of methoxy groups -OCH3 is 2. The second-order valence-corrected chi connectivity index (χ2v) is 7.58. The van der Waals surface area contributed by atoms with Crippen LogP contribution in [0.15, 0.2) is 46.9 Å². The predicted octanol–water partition coefficient (Wildman–Crippen LogP) is 0.950. The van der Waals surface area contributed by atoms with E-state index >= 15 is 0 Å². The number of hydrogen-bond acceptors (Lipinski definition) is 2. The molecular formula is C20H27BrN2O2+2. The fourth-order valence-electron chi connectivity index (χ4n) is 3.51. The van der Waals surface area contributed by atoms with Gasteiger partial charge in [-0.05, 0) is 24.3 Å². The zero-order chi connectivity index (χ0) is 17.6. The molecule has 0 spiro atoms. The lowest BCUT2D eigenvalue weighted by Gasteiger charge is -2.30. The van der Waals surface area contributed by atoms with Gasteiger partial charge in [0.25, 0.3) is 0 Å². The van der Waals surface area contributed by atoms with Gasteiger partial charge in [-0.1, -0.05) is 28.1 Å². The van der Waals surface area contributed by atoms with E-state index in [0.717, 1.165) is 24.6 Å². The van der Waals surface area contributed by atoms with Crippen molar-refractivity contribution >= 4 is 15.9 Å². The molecule has 1 heterocycles. The van der Waals surface area contributed by atoms with Crippen molar-refractivity contribution in [1.29, 1.82) is 0 Å². The maximum Gasteiger partial charge on any atom is 0.131 e. The molecule has 25 heavy (non-hydrogen) atoms. The highest BCUT2D eigenvalue weighted by Gasteiger charge is 2.24. The quantitative estimate of drug-likeness (QED) is 0.747. The van der Waals surface area contributed by atoms with Gasteiger partial charge >= 0.3 is 0 Å². The molecule has 1 aliphatic heterocycles. The van der Waals surface area contributed by atoms with Gasteiger partial charge in [0.05, 0.1) is 14.2 Å². The Hall–Kier alpha value is -1.56. The predicted molar refractivity (Wildman–Crippen MR) is 102 cm³/mol. The Kier molecular flexibility index (Phi) is 6.34. The van der Waals surface area contributed by atoms with E-state index in [1.54, 1.807) is 24.0 Å². The number of piperazine rings is 1. The van der Waals surface area contributed by atoms with Crippen LogP contribution >= 0.6 is 15.9 Å². The standard InChI is InChI=1S/C20H25BrN2O2/c1-24-19-7-6-17(20(13-19)25-2)15-23-10-8-22(9-11-23)14-16-4-3-5-18(21)12-16/h3-7,12-13H,8-11,14-15H2,1-2H3/p+2. The average Bonchev–Trinajstić information content (AvgIpc) is 2.63. The Morgan fingerprint density at radius 1 is 0.880 bits per heavy atom. The van der Waals surface area contributed by atoms with Crippen molar-refractivity contribution in [2.45, 2.75) is 13.1 Å². The van der Waals surface area contributed by atoms with Crippen molar-refractivity contribution in [3.8, 4) is 11.5 Å². The van der Waals surface area contributed by atoms with Crippen LogP contribution in [0.5, 0.6) is 11.5 Å². The second-order valence-electron chi connectivity index (χ2n) is 6.66. The van der Waals surface area contributed by atoms with E-state index in [0.29, 0.717) is 0 Å². The minimum Gasteiger partial charge on any atom is -0.497 e. The van der Waals surface area contributed by atoms with Crippen molar-refractivity contribution in [2.24, 2.45) is 0 Å². The number of ether oxygens (including phenoxy) is 2. The number of rotatable bonds is 6. The lowest BCUT2D eigenvalue weighted by atomic mass is 10.1. The van der Waals surface area contributed by atoms with E-state index in [9.17, 15) is 0 Å². The topological polar surface area (TPSA) is 27.3 Å². The summed E-state index contributed by atoms with van der Waals surface area (Å²) in [5.41, 5.74) is 2.67. The molecule has 2 N–H and O–H groups in total. The van der Waals surface area contributed by atoms with Crippen molar-refractivity contribution in [2.75, 3.05) is 40.4 Å². The van der Waals surface area contributed by atoms with Crippen LogP contribution in [0.25, 0.3) is 0 Å². The molecule has 3 rings (SSSR count). The largest absolute Gasteiger partial charge is 0.497 e. The summed E-state index contributed by atoms with van der Waals surface area (Å²) in [6.07, 6.45) is 0. The molecule has 134 valence electrons. The molecule has 0 amide bonds. The molecule has 0 bridgehead atoms. The number of hydrogen-bond donors (Lipinski definition) is 2. The summed E-state index contributed by atoms with van der Waals surface area (Å²) in [7, 11) is 3.42. The van der Waals surface area contributed by atoms with Crippen molar-refractivity contribution in [3.63, 3.8) is 0 Å². The second kappa shape index (κ2) is 8.70. The summed E-state index contributed by atoms with van der Waals surface area (Å²) in [4.78, 5) is 3.30. The summed E-state index contributed by atoms with van der Waals surface area (Å²) < 4.78 is 12.0. The number of benzene rings is 2.